The second-order valence-electron chi connectivity index (χ2n) is 9.63. The van der Waals surface area contributed by atoms with E-state index in [0.717, 1.165) is 10.0 Å². The van der Waals surface area contributed by atoms with Crippen molar-refractivity contribution < 1.29 is 33.6 Å². The number of urea groups is 1. The van der Waals surface area contributed by atoms with Crippen LogP contribution in [-0.4, -0.2) is 49.9 Å². The van der Waals surface area contributed by atoms with E-state index in [2.05, 4.69) is 37.1 Å². The van der Waals surface area contributed by atoms with Gasteiger partial charge >= 0.3 is 12.0 Å². The minimum atomic E-state index is -1.18. The van der Waals surface area contributed by atoms with E-state index in [4.69, 9.17) is 42.1 Å². The van der Waals surface area contributed by atoms with Gasteiger partial charge in [0.05, 0.1) is 41.6 Å². The number of hydrogen-bond donors (Lipinski definition) is 4. The van der Waals surface area contributed by atoms with Gasteiger partial charge in [-0.2, -0.15) is 5.10 Å². The molecule has 238 valence electrons. The summed E-state index contributed by atoms with van der Waals surface area (Å²) in [4.78, 5) is 24.6. The van der Waals surface area contributed by atoms with Crippen molar-refractivity contribution in [3.63, 3.8) is 0 Å². The topological polar surface area (TPSA) is 140 Å². The zero-order valence-corrected chi connectivity index (χ0v) is 27.6. The highest BCUT2D eigenvalue weighted by Gasteiger charge is 2.32. The normalized spacial score (nSPS) is 15.3. The fraction of sp³-hybridized carbons (Fsp3) is 0.258. The van der Waals surface area contributed by atoms with E-state index in [1.54, 1.807) is 43.3 Å². The van der Waals surface area contributed by atoms with Crippen molar-refractivity contribution in [2.45, 2.75) is 32.7 Å². The first kappa shape index (κ1) is 33.9. The standard InChI is InChI=1S/C31H31BrCl2N4O7/c1-4-43-26-13-19(29-28(30(40)42-3)17(2)36-31(41)37-29)6-9-25(26)45-16-27(39)38-35-14-20-12-21(32)7-10-24(20)44-15-18-5-8-22(33)23(34)11-18/h5-14,27,29,38-39H,4,15-16H2,1-3H3,(H2,36,37,41)/b35-14-/t27-,29+/m1/s1. The average molecular weight is 722 g/mol. The summed E-state index contributed by atoms with van der Waals surface area (Å²) in [5.74, 6) is 0.688. The van der Waals surface area contributed by atoms with Crippen LogP contribution in [0.2, 0.25) is 10.0 Å². The largest absolute Gasteiger partial charge is 0.490 e. The number of halogens is 3. The lowest BCUT2D eigenvalue weighted by Gasteiger charge is -2.28. The third kappa shape index (κ3) is 9.04. The van der Waals surface area contributed by atoms with Crippen molar-refractivity contribution in [3.05, 3.63) is 97.1 Å². The van der Waals surface area contributed by atoms with Gasteiger partial charge in [0.2, 0.25) is 0 Å². The van der Waals surface area contributed by atoms with Crippen molar-refractivity contribution in [2.24, 2.45) is 5.10 Å². The maximum atomic E-state index is 12.5. The molecule has 2 atom stereocenters. The highest BCUT2D eigenvalue weighted by atomic mass is 79.9. The van der Waals surface area contributed by atoms with Crippen molar-refractivity contribution in [2.75, 3.05) is 20.3 Å². The molecule has 0 aliphatic carbocycles. The van der Waals surface area contributed by atoms with Crippen LogP contribution < -0.4 is 30.3 Å². The number of allylic oxidation sites excluding steroid dienone is 1. The van der Waals surface area contributed by atoms with Crippen LogP contribution in [0.5, 0.6) is 17.2 Å². The van der Waals surface area contributed by atoms with Crippen LogP contribution in [0.4, 0.5) is 4.79 Å². The maximum Gasteiger partial charge on any atom is 0.337 e. The van der Waals surface area contributed by atoms with Gasteiger partial charge in [-0.15, -0.1) is 0 Å². The molecule has 0 saturated carbocycles. The number of aliphatic hydroxyl groups excluding tert-OH is 1. The molecule has 3 aromatic carbocycles. The molecular weight excluding hydrogens is 691 g/mol. The summed E-state index contributed by atoms with van der Waals surface area (Å²) in [5.41, 5.74) is 5.35. The predicted octanol–water partition coefficient (Wildman–Crippen LogP) is 5.86. The summed E-state index contributed by atoms with van der Waals surface area (Å²) in [7, 11) is 1.27. The van der Waals surface area contributed by atoms with Crippen LogP contribution >= 0.6 is 39.1 Å². The first-order chi connectivity index (χ1) is 21.6. The van der Waals surface area contributed by atoms with Gasteiger partial charge < -0.3 is 34.7 Å². The Morgan fingerprint density at radius 1 is 1.07 bits per heavy atom. The van der Waals surface area contributed by atoms with E-state index in [-0.39, 0.29) is 18.8 Å². The molecule has 0 aromatic heterocycles. The van der Waals surface area contributed by atoms with E-state index < -0.39 is 24.3 Å². The Hall–Kier alpha value is -3.97. The summed E-state index contributed by atoms with van der Waals surface area (Å²) in [6, 6.07) is 14.5. The number of amides is 2. The molecule has 4 rings (SSSR count). The fourth-order valence-corrected chi connectivity index (χ4v) is 5.06. The second kappa shape index (κ2) is 15.8. The molecule has 0 bridgehead atoms. The van der Waals surface area contributed by atoms with Crippen LogP contribution in [-0.2, 0) is 16.1 Å². The molecule has 0 saturated heterocycles. The fourth-order valence-electron chi connectivity index (χ4n) is 4.36. The molecule has 1 aliphatic rings. The lowest BCUT2D eigenvalue weighted by atomic mass is 9.95. The number of hydrazone groups is 1. The van der Waals surface area contributed by atoms with E-state index in [0.29, 0.717) is 50.7 Å². The lowest BCUT2D eigenvalue weighted by Crippen LogP contribution is -2.45. The summed E-state index contributed by atoms with van der Waals surface area (Å²) in [5, 5.41) is 20.9. The molecule has 0 unspecified atom stereocenters. The lowest BCUT2D eigenvalue weighted by molar-refractivity contribution is -0.136. The van der Waals surface area contributed by atoms with E-state index in [1.807, 2.05) is 25.1 Å². The number of rotatable bonds is 13. The number of hydrogen-bond acceptors (Lipinski definition) is 9. The van der Waals surface area contributed by atoms with Crippen molar-refractivity contribution >= 4 is 57.3 Å². The smallest absolute Gasteiger partial charge is 0.337 e. The first-order valence-corrected chi connectivity index (χ1v) is 15.2. The van der Waals surface area contributed by atoms with Gasteiger partial charge in [-0.1, -0.05) is 51.3 Å². The zero-order valence-electron chi connectivity index (χ0n) is 24.5. The zero-order chi connectivity index (χ0) is 32.5. The maximum absolute atomic E-state index is 12.5. The molecular formula is C31H31BrCl2N4O7. The Labute approximate surface area is 278 Å². The van der Waals surface area contributed by atoms with Gasteiger partial charge in [-0.3, -0.25) is 5.43 Å². The Morgan fingerprint density at radius 2 is 1.84 bits per heavy atom. The van der Waals surface area contributed by atoms with Gasteiger partial charge in [0.1, 0.15) is 19.0 Å². The number of aliphatic hydroxyl groups is 1. The molecule has 4 N–H and O–H groups in total. The van der Waals surface area contributed by atoms with Gasteiger partial charge in [0.15, 0.2) is 17.7 Å². The predicted molar refractivity (Wildman–Crippen MR) is 174 cm³/mol. The Morgan fingerprint density at radius 3 is 2.58 bits per heavy atom. The van der Waals surface area contributed by atoms with Gasteiger partial charge in [-0.25, -0.2) is 9.59 Å². The van der Waals surface area contributed by atoms with Gasteiger partial charge in [-0.05, 0) is 67.4 Å². The number of ether oxygens (including phenoxy) is 4. The van der Waals surface area contributed by atoms with Crippen LogP contribution in [0.3, 0.4) is 0 Å². The summed E-state index contributed by atoms with van der Waals surface area (Å²) in [6.45, 7) is 3.84. The van der Waals surface area contributed by atoms with E-state index in [9.17, 15) is 14.7 Å². The highest BCUT2D eigenvalue weighted by Crippen LogP contribution is 2.35. The van der Waals surface area contributed by atoms with Gasteiger partial charge in [0, 0.05) is 15.7 Å². The molecule has 2 amide bonds. The average Bonchev–Trinajstić information content (AvgIpc) is 3.01. The number of carbonyl (C=O) groups is 2. The first-order valence-electron chi connectivity index (χ1n) is 13.7. The molecule has 1 heterocycles. The minimum Gasteiger partial charge on any atom is -0.490 e. The molecule has 0 fully saturated rings. The molecule has 11 nitrogen and oxygen atoms in total. The number of nitrogens with zero attached hydrogens (tertiary/aromatic N) is 1. The number of carbonyl (C=O) groups excluding carboxylic acids is 2. The number of methoxy groups -OCH3 is 1. The monoisotopic (exact) mass is 720 g/mol. The quantitative estimate of drug-likeness (QED) is 0.0746. The molecule has 14 heteroatoms. The minimum absolute atomic E-state index is 0.174. The van der Waals surface area contributed by atoms with E-state index in [1.165, 1.54) is 13.3 Å². The van der Waals surface area contributed by atoms with Crippen LogP contribution in [0, 0.1) is 0 Å². The molecule has 1 aliphatic heterocycles. The van der Waals surface area contributed by atoms with E-state index >= 15 is 0 Å². The second-order valence-corrected chi connectivity index (χ2v) is 11.4. The van der Waals surface area contributed by atoms with Crippen LogP contribution in [0.25, 0.3) is 0 Å². The number of esters is 1. The Kier molecular flexibility index (Phi) is 11.9. The van der Waals surface area contributed by atoms with Crippen LogP contribution in [0.1, 0.15) is 36.6 Å². The Balaban J connectivity index is 1.40. The van der Waals surface area contributed by atoms with Crippen LogP contribution in [0.15, 0.2) is 75.4 Å². The molecule has 0 spiro atoms. The summed E-state index contributed by atoms with van der Waals surface area (Å²) < 4.78 is 23.3. The summed E-state index contributed by atoms with van der Waals surface area (Å²) >= 11 is 15.6. The van der Waals surface area contributed by atoms with Crippen molar-refractivity contribution in [1.29, 1.82) is 0 Å². The van der Waals surface area contributed by atoms with Crippen molar-refractivity contribution in [3.8, 4) is 17.2 Å². The molecule has 45 heavy (non-hydrogen) atoms. The molecule has 3 aromatic rings. The number of nitrogens with one attached hydrogen (secondary N) is 3. The highest BCUT2D eigenvalue weighted by molar-refractivity contribution is 9.10. The van der Waals surface area contributed by atoms with Crippen molar-refractivity contribution in [1.82, 2.24) is 16.1 Å². The summed E-state index contributed by atoms with van der Waals surface area (Å²) in [6.07, 6.45) is 0.337. The number of benzene rings is 3. The SMILES string of the molecule is CCOc1cc([C@@H]2NC(=O)NC(C)=C2C(=O)OC)ccc1OC[C@@H](O)N/N=C\c1cc(Br)ccc1OCc1ccc(Cl)c(Cl)c1. The Bertz CT molecular complexity index is 1620. The third-order valence-corrected chi connectivity index (χ3v) is 7.68. The third-order valence-electron chi connectivity index (χ3n) is 6.45. The molecule has 0 radical (unpaired) electrons. The van der Waals surface area contributed by atoms with Gasteiger partial charge in [0.25, 0.3) is 0 Å².